The van der Waals surface area contributed by atoms with Gasteiger partial charge in [-0.1, -0.05) is 17.7 Å². The number of pyridine rings is 1. The van der Waals surface area contributed by atoms with E-state index in [0.29, 0.717) is 22.8 Å². The summed E-state index contributed by atoms with van der Waals surface area (Å²) in [6.07, 6.45) is 9.22. The first kappa shape index (κ1) is 17.4. The van der Waals surface area contributed by atoms with E-state index in [-0.39, 0.29) is 0 Å². The zero-order valence-electron chi connectivity index (χ0n) is 15.2. The van der Waals surface area contributed by atoms with Crippen LogP contribution in [0.3, 0.4) is 0 Å². The molecule has 2 fully saturated rings. The van der Waals surface area contributed by atoms with E-state index in [0.717, 1.165) is 49.3 Å². The average molecular weight is 397 g/mol. The molecule has 144 valence electrons. The molecular weight excluding hydrogens is 376 g/mol. The van der Waals surface area contributed by atoms with Crippen molar-refractivity contribution < 1.29 is 0 Å². The van der Waals surface area contributed by atoms with Gasteiger partial charge in [-0.3, -0.25) is 0 Å². The Bertz CT molecular complexity index is 948. The highest BCUT2D eigenvalue weighted by Gasteiger charge is 2.37. The van der Waals surface area contributed by atoms with Crippen LogP contribution < -0.4 is 16.0 Å². The Labute approximate surface area is 167 Å². The predicted molar refractivity (Wildman–Crippen MR) is 108 cm³/mol. The van der Waals surface area contributed by atoms with Crippen LogP contribution >= 0.6 is 11.6 Å². The number of fused-ring (bicyclic) bond motifs is 1. The van der Waals surface area contributed by atoms with Crippen LogP contribution in [0.4, 0.5) is 17.5 Å². The second-order valence-electron chi connectivity index (χ2n) is 7.37. The van der Waals surface area contributed by atoms with Gasteiger partial charge in [0.15, 0.2) is 11.6 Å². The Hall–Kier alpha value is -2.71. The monoisotopic (exact) mass is 396 g/mol. The molecule has 0 bridgehead atoms. The first-order valence-electron chi connectivity index (χ1n) is 9.47. The summed E-state index contributed by atoms with van der Waals surface area (Å²) in [6.45, 7) is 2.24. The molecule has 0 amide bonds. The van der Waals surface area contributed by atoms with E-state index in [1.54, 1.807) is 23.3 Å². The lowest BCUT2D eigenvalue weighted by molar-refractivity contribution is 0.494. The highest BCUT2D eigenvalue weighted by Crippen LogP contribution is 2.36. The third-order valence-electron chi connectivity index (χ3n) is 5.46. The third kappa shape index (κ3) is 3.53. The quantitative estimate of drug-likeness (QED) is 0.610. The van der Waals surface area contributed by atoms with Crippen molar-refractivity contribution in [1.82, 2.24) is 30.0 Å². The molecule has 1 aliphatic carbocycles. The van der Waals surface area contributed by atoms with Crippen LogP contribution in [0.5, 0.6) is 0 Å². The SMILES string of the molecule is Clc1cnc(Nc2cnn(-c3ccccn3)c2)nc1NC1CC2CNCC2C1. The third-order valence-corrected chi connectivity index (χ3v) is 5.74. The van der Waals surface area contributed by atoms with Crippen molar-refractivity contribution in [2.75, 3.05) is 23.7 Å². The number of aromatic nitrogens is 5. The fourth-order valence-electron chi connectivity index (χ4n) is 4.14. The number of nitrogens with zero attached hydrogens (tertiary/aromatic N) is 5. The van der Waals surface area contributed by atoms with Crippen molar-refractivity contribution in [2.24, 2.45) is 11.8 Å². The van der Waals surface area contributed by atoms with E-state index in [2.05, 4.69) is 36.0 Å². The summed E-state index contributed by atoms with van der Waals surface area (Å²) in [4.78, 5) is 13.2. The van der Waals surface area contributed by atoms with E-state index in [1.807, 2.05) is 24.4 Å². The number of hydrogen-bond donors (Lipinski definition) is 3. The summed E-state index contributed by atoms with van der Waals surface area (Å²) in [6, 6.07) is 6.09. The fraction of sp³-hybridized carbons (Fsp3) is 0.368. The molecular formula is C19H21ClN8. The molecule has 9 heteroatoms. The van der Waals surface area contributed by atoms with Gasteiger partial charge in [-0.15, -0.1) is 0 Å². The second kappa shape index (κ2) is 7.37. The molecule has 28 heavy (non-hydrogen) atoms. The predicted octanol–water partition coefficient (Wildman–Crippen LogP) is 2.86. The summed E-state index contributed by atoms with van der Waals surface area (Å²) in [5, 5.41) is 15.0. The Morgan fingerprint density at radius 3 is 2.75 bits per heavy atom. The molecule has 3 aromatic heterocycles. The second-order valence-corrected chi connectivity index (χ2v) is 7.77. The smallest absolute Gasteiger partial charge is 0.229 e. The van der Waals surface area contributed by atoms with Crippen molar-refractivity contribution >= 4 is 29.1 Å². The Kier molecular flexibility index (Phi) is 4.58. The highest BCUT2D eigenvalue weighted by atomic mass is 35.5. The molecule has 4 heterocycles. The highest BCUT2D eigenvalue weighted by molar-refractivity contribution is 6.32. The first-order chi connectivity index (χ1) is 13.7. The summed E-state index contributed by atoms with van der Waals surface area (Å²) in [5.41, 5.74) is 0.778. The van der Waals surface area contributed by atoms with Crippen LogP contribution in [0, 0.1) is 11.8 Å². The average Bonchev–Trinajstić information content (AvgIpc) is 3.42. The van der Waals surface area contributed by atoms with Gasteiger partial charge in [0, 0.05) is 12.2 Å². The van der Waals surface area contributed by atoms with Gasteiger partial charge in [-0.05, 0) is 49.9 Å². The summed E-state index contributed by atoms with van der Waals surface area (Å²) in [5.74, 6) is 3.42. The minimum absolute atomic E-state index is 0.407. The molecule has 2 aliphatic rings. The Morgan fingerprint density at radius 2 is 1.96 bits per heavy atom. The number of anilines is 3. The van der Waals surface area contributed by atoms with Gasteiger partial charge in [-0.2, -0.15) is 10.1 Å². The van der Waals surface area contributed by atoms with E-state index in [4.69, 9.17) is 11.6 Å². The van der Waals surface area contributed by atoms with E-state index in [1.165, 1.54) is 0 Å². The topological polar surface area (TPSA) is 92.6 Å². The van der Waals surface area contributed by atoms with Crippen molar-refractivity contribution in [2.45, 2.75) is 18.9 Å². The number of rotatable bonds is 5. The van der Waals surface area contributed by atoms with Crippen LogP contribution in [0.25, 0.3) is 5.82 Å². The Morgan fingerprint density at radius 1 is 1.11 bits per heavy atom. The maximum absolute atomic E-state index is 6.33. The van der Waals surface area contributed by atoms with Gasteiger partial charge < -0.3 is 16.0 Å². The maximum Gasteiger partial charge on any atom is 0.229 e. The molecule has 0 radical (unpaired) electrons. The van der Waals surface area contributed by atoms with E-state index in [9.17, 15) is 0 Å². The van der Waals surface area contributed by atoms with Gasteiger partial charge in [0.05, 0.1) is 24.3 Å². The van der Waals surface area contributed by atoms with Gasteiger partial charge >= 0.3 is 0 Å². The normalized spacial score (nSPS) is 23.5. The van der Waals surface area contributed by atoms with Gasteiger partial charge in [0.25, 0.3) is 0 Å². The van der Waals surface area contributed by atoms with E-state index < -0.39 is 0 Å². The van der Waals surface area contributed by atoms with Crippen molar-refractivity contribution in [3.8, 4) is 5.82 Å². The Balaban J connectivity index is 1.29. The first-order valence-corrected chi connectivity index (χ1v) is 9.85. The lowest BCUT2D eigenvalue weighted by Gasteiger charge is -2.16. The summed E-state index contributed by atoms with van der Waals surface area (Å²) >= 11 is 6.33. The minimum atomic E-state index is 0.407. The molecule has 1 aliphatic heterocycles. The molecule has 3 N–H and O–H groups in total. The largest absolute Gasteiger partial charge is 0.366 e. The van der Waals surface area contributed by atoms with Crippen LogP contribution in [0.1, 0.15) is 12.8 Å². The molecule has 0 aromatic carbocycles. The van der Waals surface area contributed by atoms with Gasteiger partial charge in [0.2, 0.25) is 5.95 Å². The molecule has 1 saturated heterocycles. The molecule has 5 rings (SSSR count). The van der Waals surface area contributed by atoms with Crippen LogP contribution in [-0.4, -0.2) is 43.9 Å². The van der Waals surface area contributed by atoms with Crippen molar-refractivity contribution in [3.63, 3.8) is 0 Å². The standard InChI is InChI=1S/C19H21ClN8/c20-16-10-23-19(26-15-9-24-28(11-15)17-3-1-2-4-22-17)27-18(16)25-14-5-12-7-21-8-13(12)6-14/h1-4,9-14,21H,5-8H2,(H2,23,25,26,27). The lowest BCUT2D eigenvalue weighted by Crippen LogP contribution is -2.21. The minimum Gasteiger partial charge on any atom is -0.366 e. The van der Waals surface area contributed by atoms with Gasteiger partial charge in [0.1, 0.15) is 5.02 Å². The molecule has 0 spiro atoms. The van der Waals surface area contributed by atoms with E-state index >= 15 is 0 Å². The number of hydrogen-bond acceptors (Lipinski definition) is 7. The van der Waals surface area contributed by atoms with Crippen molar-refractivity contribution in [1.29, 1.82) is 0 Å². The van der Waals surface area contributed by atoms with Crippen LogP contribution in [-0.2, 0) is 0 Å². The fourth-order valence-corrected chi connectivity index (χ4v) is 4.28. The van der Waals surface area contributed by atoms with Crippen LogP contribution in [0.15, 0.2) is 43.0 Å². The molecule has 2 atom stereocenters. The maximum atomic E-state index is 6.33. The molecule has 1 saturated carbocycles. The summed E-state index contributed by atoms with van der Waals surface area (Å²) in [7, 11) is 0. The van der Waals surface area contributed by atoms with Crippen molar-refractivity contribution in [3.05, 3.63) is 48.0 Å². The molecule has 8 nitrogen and oxygen atoms in total. The zero-order valence-corrected chi connectivity index (χ0v) is 16.0. The van der Waals surface area contributed by atoms with Crippen LogP contribution in [0.2, 0.25) is 5.02 Å². The molecule has 3 aromatic rings. The number of nitrogens with one attached hydrogen (secondary N) is 3. The number of halogens is 1. The zero-order chi connectivity index (χ0) is 18.9. The molecule has 2 unspecified atom stereocenters. The lowest BCUT2D eigenvalue weighted by atomic mass is 10.0. The van der Waals surface area contributed by atoms with Gasteiger partial charge in [-0.25, -0.2) is 14.6 Å². The summed E-state index contributed by atoms with van der Waals surface area (Å²) < 4.78 is 1.70.